The second-order valence-corrected chi connectivity index (χ2v) is 8.88. The average molecular weight is 549 g/mol. The predicted octanol–water partition coefficient (Wildman–Crippen LogP) is 4.65. The monoisotopic (exact) mass is 548 g/mol. The first kappa shape index (κ1) is 23.5. The molecule has 0 fully saturated rings. The lowest BCUT2D eigenvalue weighted by atomic mass is 9.89. The van der Waals surface area contributed by atoms with Crippen molar-refractivity contribution in [2.24, 2.45) is 18.1 Å². The number of rotatable bonds is 8. The van der Waals surface area contributed by atoms with Gasteiger partial charge in [0, 0.05) is 11.5 Å². The van der Waals surface area contributed by atoms with Gasteiger partial charge < -0.3 is 14.0 Å². The van der Waals surface area contributed by atoms with Gasteiger partial charge in [0.2, 0.25) is 5.82 Å². The van der Waals surface area contributed by atoms with Gasteiger partial charge in [0.25, 0.3) is 11.8 Å². The van der Waals surface area contributed by atoms with Crippen LogP contribution in [0.15, 0.2) is 80.4 Å². The molecular formula is C24H21BrN8O3. The molecule has 11 nitrogen and oxygen atoms in total. The van der Waals surface area contributed by atoms with Crippen LogP contribution in [0.3, 0.4) is 0 Å². The molecule has 12 heteroatoms. The summed E-state index contributed by atoms with van der Waals surface area (Å²) >= 11 is 3.40. The molecule has 1 aromatic carbocycles. The van der Waals surface area contributed by atoms with E-state index < -0.39 is 0 Å². The first-order valence-corrected chi connectivity index (χ1v) is 11.9. The lowest BCUT2D eigenvalue weighted by Gasteiger charge is -2.17. The van der Waals surface area contributed by atoms with Crippen LogP contribution in [0.1, 0.15) is 25.1 Å². The van der Waals surface area contributed by atoms with Gasteiger partial charge in [-0.3, -0.25) is 0 Å². The standard InChI is InChI=1S/C24H21BrN8O3/c1-15-5-3-4-6-19(15)22(23-28-31-32-33(23)2)30-34-14-21-27-29-24(36-21)20-12-11-18(13-26-20)35-17-9-7-16(25)8-10-17/h3-4,6-13,15H,5,14H2,1-2H3/b30-22-. The van der Waals surface area contributed by atoms with E-state index in [-0.39, 0.29) is 24.3 Å². The molecule has 0 N–H and O–H groups in total. The maximum absolute atomic E-state index is 5.79. The minimum atomic E-state index is -0.0238. The Balaban J connectivity index is 1.26. The van der Waals surface area contributed by atoms with Gasteiger partial charge in [0.05, 0.1) is 6.20 Å². The fourth-order valence-electron chi connectivity index (χ4n) is 3.48. The van der Waals surface area contributed by atoms with Crippen molar-refractivity contribution in [3.8, 4) is 23.1 Å². The third-order valence-corrected chi connectivity index (χ3v) is 5.88. The largest absolute Gasteiger partial charge is 0.456 e. The smallest absolute Gasteiger partial charge is 0.266 e. The molecule has 0 spiro atoms. The predicted molar refractivity (Wildman–Crippen MR) is 133 cm³/mol. The third kappa shape index (κ3) is 5.38. The molecule has 0 bridgehead atoms. The Kier molecular flexibility index (Phi) is 6.94. The van der Waals surface area contributed by atoms with E-state index in [1.54, 1.807) is 30.1 Å². The first-order valence-electron chi connectivity index (χ1n) is 11.1. The van der Waals surface area contributed by atoms with E-state index in [2.05, 4.69) is 64.8 Å². The van der Waals surface area contributed by atoms with Crippen molar-refractivity contribution >= 4 is 21.6 Å². The second-order valence-electron chi connectivity index (χ2n) is 7.96. The summed E-state index contributed by atoms with van der Waals surface area (Å²) in [5.41, 5.74) is 2.05. The Bertz CT molecular complexity index is 1420. The van der Waals surface area contributed by atoms with E-state index in [0.29, 0.717) is 28.7 Å². The average Bonchev–Trinajstić information content (AvgIpc) is 3.54. The van der Waals surface area contributed by atoms with Crippen LogP contribution >= 0.6 is 15.9 Å². The highest BCUT2D eigenvalue weighted by Gasteiger charge is 2.23. The molecule has 1 atom stereocenters. The van der Waals surface area contributed by atoms with Crippen molar-refractivity contribution in [1.29, 1.82) is 0 Å². The van der Waals surface area contributed by atoms with Gasteiger partial charge >= 0.3 is 0 Å². The van der Waals surface area contributed by atoms with E-state index in [1.165, 1.54) is 0 Å². The number of pyridine rings is 1. The van der Waals surface area contributed by atoms with Crippen LogP contribution in [0, 0.1) is 5.92 Å². The summed E-state index contributed by atoms with van der Waals surface area (Å²) in [6, 6.07) is 11.1. The van der Waals surface area contributed by atoms with Crippen molar-refractivity contribution in [2.45, 2.75) is 20.0 Å². The number of ether oxygens (including phenoxy) is 1. The zero-order valence-corrected chi connectivity index (χ0v) is 21.0. The van der Waals surface area contributed by atoms with Crippen LogP contribution in [-0.4, -0.2) is 41.1 Å². The SMILES string of the molecule is CC1CC=CC=C1/C(=N/OCc1nnc(-c2ccc(Oc3ccc(Br)cc3)cn2)o1)c1nnnn1C. The molecule has 1 aliphatic rings. The van der Waals surface area contributed by atoms with Crippen molar-refractivity contribution in [2.75, 3.05) is 0 Å². The van der Waals surface area contributed by atoms with Crippen LogP contribution < -0.4 is 4.74 Å². The van der Waals surface area contributed by atoms with Gasteiger partial charge in [-0.15, -0.1) is 15.3 Å². The summed E-state index contributed by atoms with van der Waals surface area (Å²) < 4.78 is 14.0. The Morgan fingerprint density at radius 3 is 2.69 bits per heavy atom. The van der Waals surface area contributed by atoms with Gasteiger partial charge in [-0.2, -0.15) is 0 Å². The highest BCUT2D eigenvalue weighted by atomic mass is 79.9. The summed E-state index contributed by atoms with van der Waals surface area (Å²) in [6.07, 6.45) is 8.57. The van der Waals surface area contributed by atoms with Crippen molar-refractivity contribution in [3.05, 3.63) is 82.6 Å². The number of nitrogens with zero attached hydrogens (tertiary/aromatic N) is 8. The number of hydrogen-bond acceptors (Lipinski definition) is 10. The van der Waals surface area contributed by atoms with E-state index in [0.717, 1.165) is 16.5 Å². The zero-order valence-electron chi connectivity index (χ0n) is 19.4. The molecule has 1 aliphatic carbocycles. The number of benzene rings is 1. The van der Waals surface area contributed by atoms with Gasteiger partial charge in [-0.1, -0.05) is 46.2 Å². The van der Waals surface area contributed by atoms with Crippen molar-refractivity contribution in [1.82, 2.24) is 35.4 Å². The van der Waals surface area contributed by atoms with Crippen molar-refractivity contribution in [3.63, 3.8) is 0 Å². The summed E-state index contributed by atoms with van der Waals surface area (Å²) in [6.45, 7) is 2.09. The fraction of sp³-hybridized carbons (Fsp3) is 0.208. The van der Waals surface area contributed by atoms with Crippen LogP contribution in [0.2, 0.25) is 0 Å². The van der Waals surface area contributed by atoms with Gasteiger partial charge in [0.15, 0.2) is 12.3 Å². The zero-order chi connectivity index (χ0) is 24.9. The molecule has 0 aliphatic heterocycles. The van der Waals surface area contributed by atoms with Gasteiger partial charge in [-0.05, 0) is 64.7 Å². The summed E-state index contributed by atoms with van der Waals surface area (Å²) in [5.74, 6) is 2.56. The molecule has 3 heterocycles. The maximum Gasteiger partial charge on any atom is 0.266 e. The summed E-state index contributed by atoms with van der Waals surface area (Å²) in [4.78, 5) is 9.94. The van der Waals surface area contributed by atoms with E-state index >= 15 is 0 Å². The Labute approximate surface area is 214 Å². The topological polar surface area (TPSA) is 126 Å². The second kappa shape index (κ2) is 10.6. The third-order valence-electron chi connectivity index (χ3n) is 5.35. The number of allylic oxidation sites excluding steroid dienone is 4. The highest BCUT2D eigenvalue weighted by molar-refractivity contribution is 9.10. The molecule has 182 valence electrons. The molecule has 5 rings (SSSR count). The molecule has 3 aromatic heterocycles. The number of aromatic nitrogens is 7. The van der Waals surface area contributed by atoms with Crippen molar-refractivity contribution < 1.29 is 14.0 Å². The molecule has 0 saturated carbocycles. The van der Waals surface area contributed by atoms with Gasteiger partial charge in [0.1, 0.15) is 17.2 Å². The van der Waals surface area contributed by atoms with Crippen LogP contribution in [0.4, 0.5) is 0 Å². The number of halogens is 1. The van der Waals surface area contributed by atoms with E-state index in [4.69, 9.17) is 14.0 Å². The Morgan fingerprint density at radius 2 is 1.97 bits per heavy atom. The Hall–Kier alpha value is -4.19. The lowest BCUT2D eigenvalue weighted by molar-refractivity contribution is 0.111. The molecular weight excluding hydrogens is 528 g/mol. The number of oxime groups is 1. The Morgan fingerprint density at radius 1 is 1.14 bits per heavy atom. The molecule has 0 radical (unpaired) electrons. The van der Waals surface area contributed by atoms with Crippen LogP contribution in [-0.2, 0) is 18.5 Å². The molecule has 36 heavy (non-hydrogen) atoms. The molecule has 1 unspecified atom stereocenters. The minimum Gasteiger partial charge on any atom is -0.456 e. The van der Waals surface area contributed by atoms with Crippen LogP contribution in [0.5, 0.6) is 11.5 Å². The van der Waals surface area contributed by atoms with Crippen LogP contribution in [0.25, 0.3) is 11.6 Å². The number of aryl methyl sites for hydroxylation is 1. The quantitative estimate of drug-likeness (QED) is 0.228. The van der Waals surface area contributed by atoms with Gasteiger partial charge in [-0.25, -0.2) is 9.67 Å². The fourth-order valence-corrected chi connectivity index (χ4v) is 3.75. The normalized spacial score (nSPS) is 15.6. The number of tetrazole rings is 1. The maximum atomic E-state index is 5.79. The summed E-state index contributed by atoms with van der Waals surface area (Å²) in [5, 5.41) is 24.1. The first-order chi connectivity index (χ1) is 17.6. The summed E-state index contributed by atoms with van der Waals surface area (Å²) in [7, 11) is 1.75. The lowest BCUT2D eigenvalue weighted by Crippen LogP contribution is -2.18. The minimum absolute atomic E-state index is 0.0238. The number of hydrogen-bond donors (Lipinski definition) is 0. The molecule has 0 saturated heterocycles. The van der Waals surface area contributed by atoms with E-state index in [9.17, 15) is 0 Å². The highest BCUT2D eigenvalue weighted by Crippen LogP contribution is 2.26. The molecule has 4 aromatic rings. The molecule has 0 amide bonds. The van der Waals surface area contributed by atoms with E-state index in [1.807, 2.05) is 36.4 Å².